The molecule has 3 heterocycles. The highest BCUT2D eigenvalue weighted by Crippen LogP contribution is 2.38. The summed E-state index contributed by atoms with van der Waals surface area (Å²) < 4.78 is 16.7. The highest BCUT2D eigenvalue weighted by molar-refractivity contribution is 5.80. The van der Waals surface area contributed by atoms with Gasteiger partial charge in [0.1, 0.15) is 6.10 Å². The molecule has 0 aliphatic carbocycles. The minimum atomic E-state index is 0.0961. The van der Waals surface area contributed by atoms with E-state index in [2.05, 4.69) is 17.1 Å². The first-order valence-corrected chi connectivity index (χ1v) is 8.12. The molecule has 3 rings (SSSR count). The Hall–Kier alpha value is -0.850. The van der Waals surface area contributed by atoms with E-state index in [1.54, 1.807) is 0 Å². The fourth-order valence-electron chi connectivity index (χ4n) is 3.34. The predicted octanol–water partition coefficient (Wildman–Crippen LogP) is 0.480. The molecule has 21 heavy (non-hydrogen) atoms. The highest BCUT2D eigenvalue weighted by atomic mass is 16.6. The lowest BCUT2D eigenvalue weighted by Gasteiger charge is -2.26. The van der Waals surface area contributed by atoms with Gasteiger partial charge in [-0.05, 0) is 19.8 Å². The largest absolute Gasteiger partial charge is 0.381 e. The van der Waals surface area contributed by atoms with Crippen molar-refractivity contribution in [3.63, 3.8) is 0 Å². The molecule has 0 aromatic heterocycles. The van der Waals surface area contributed by atoms with Crippen molar-refractivity contribution in [2.75, 3.05) is 59.2 Å². The molecule has 2 unspecified atom stereocenters. The topological polar surface area (TPSA) is 55.3 Å². The monoisotopic (exact) mass is 297 g/mol. The van der Waals surface area contributed by atoms with Gasteiger partial charge in [0.25, 0.3) is 0 Å². The van der Waals surface area contributed by atoms with Crippen LogP contribution >= 0.6 is 0 Å². The van der Waals surface area contributed by atoms with Crippen LogP contribution < -0.4 is 5.32 Å². The van der Waals surface area contributed by atoms with Crippen molar-refractivity contribution in [2.45, 2.75) is 25.9 Å². The second kappa shape index (κ2) is 6.94. The van der Waals surface area contributed by atoms with Gasteiger partial charge in [-0.3, -0.25) is 4.99 Å². The number of ether oxygens (including phenoxy) is 3. The average molecular weight is 297 g/mol. The lowest BCUT2D eigenvalue weighted by atomic mass is 9.87. The van der Waals surface area contributed by atoms with Crippen LogP contribution in [0.2, 0.25) is 0 Å². The predicted molar refractivity (Wildman–Crippen MR) is 80.6 cm³/mol. The molecule has 1 spiro atoms. The minimum Gasteiger partial charge on any atom is -0.381 e. The Morgan fingerprint density at radius 3 is 2.95 bits per heavy atom. The van der Waals surface area contributed by atoms with Crippen molar-refractivity contribution in [3.8, 4) is 0 Å². The Labute approximate surface area is 126 Å². The fraction of sp³-hybridized carbons (Fsp3) is 0.933. The van der Waals surface area contributed by atoms with Crippen molar-refractivity contribution in [3.05, 3.63) is 0 Å². The van der Waals surface area contributed by atoms with Gasteiger partial charge < -0.3 is 24.4 Å². The molecule has 0 saturated carbocycles. The first kappa shape index (κ1) is 15.1. The molecule has 120 valence electrons. The lowest BCUT2D eigenvalue weighted by Crippen LogP contribution is -2.42. The molecule has 6 nitrogen and oxygen atoms in total. The summed E-state index contributed by atoms with van der Waals surface area (Å²) in [5.74, 6) is 1.01. The van der Waals surface area contributed by atoms with Gasteiger partial charge in [0.05, 0.1) is 33.0 Å². The molecule has 0 bridgehead atoms. The van der Waals surface area contributed by atoms with Gasteiger partial charge in [0.2, 0.25) is 0 Å². The number of nitrogens with one attached hydrogen (secondary N) is 1. The van der Waals surface area contributed by atoms with Crippen molar-refractivity contribution < 1.29 is 14.2 Å². The molecule has 3 saturated heterocycles. The Balaban J connectivity index is 1.58. The lowest BCUT2D eigenvalue weighted by molar-refractivity contribution is -0.0833. The Kier molecular flexibility index (Phi) is 4.98. The van der Waals surface area contributed by atoms with Crippen LogP contribution in [0.3, 0.4) is 0 Å². The summed E-state index contributed by atoms with van der Waals surface area (Å²) in [5, 5.41) is 3.41. The van der Waals surface area contributed by atoms with Crippen LogP contribution in [-0.4, -0.2) is 76.2 Å². The molecule has 3 aliphatic heterocycles. The zero-order valence-corrected chi connectivity index (χ0v) is 13.0. The van der Waals surface area contributed by atoms with Crippen LogP contribution in [0.4, 0.5) is 0 Å². The van der Waals surface area contributed by atoms with E-state index in [1.807, 2.05) is 0 Å². The summed E-state index contributed by atoms with van der Waals surface area (Å²) in [5.41, 5.74) is 0.362. The molecule has 3 fully saturated rings. The fourth-order valence-corrected chi connectivity index (χ4v) is 3.34. The maximum atomic E-state index is 5.66. The van der Waals surface area contributed by atoms with Crippen LogP contribution in [0.15, 0.2) is 4.99 Å². The number of hydrogen-bond donors (Lipinski definition) is 1. The number of likely N-dealkylation sites (tertiary alicyclic amines) is 1. The summed E-state index contributed by atoms with van der Waals surface area (Å²) >= 11 is 0. The number of nitrogens with zero attached hydrogens (tertiary/aromatic N) is 2. The third kappa shape index (κ3) is 3.67. The van der Waals surface area contributed by atoms with E-state index in [1.165, 1.54) is 12.8 Å². The van der Waals surface area contributed by atoms with Crippen molar-refractivity contribution in [2.24, 2.45) is 10.4 Å². The standard InChI is InChI=1S/C15H27N3O3/c1-2-16-14(17-9-13-10-19-7-8-21-13)18-5-3-15(11-18)4-6-20-12-15/h13H,2-12H2,1H3,(H,16,17). The zero-order valence-electron chi connectivity index (χ0n) is 13.0. The van der Waals surface area contributed by atoms with Gasteiger partial charge >= 0.3 is 0 Å². The zero-order chi connectivity index (χ0) is 14.5. The number of hydrogen-bond acceptors (Lipinski definition) is 4. The van der Waals surface area contributed by atoms with E-state index < -0.39 is 0 Å². The first-order valence-electron chi connectivity index (χ1n) is 8.12. The molecule has 0 aromatic rings. The molecular weight excluding hydrogens is 270 g/mol. The number of guanidine groups is 1. The second-order valence-electron chi connectivity index (χ2n) is 6.24. The molecular formula is C15H27N3O3. The maximum Gasteiger partial charge on any atom is 0.194 e. The average Bonchev–Trinajstić information content (AvgIpc) is 3.15. The maximum absolute atomic E-state index is 5.66. The molecule has 0 radical (unpaired) electrons. The number of aliphatic imine (C=N–C) groups is 1. The number of rotatable bonds is 3. The molecule has 0 aromatic carbocycles. The van der Waals surface area contributed by atoms with E-state index in [4.69, 9.17) is 19.2 Å². The smallest absolute Gasteiger partial charge is 0.194 e. The highest BCUT2D eigenvalue weighted by Gasteiger charge is 2.42. The van der Waals surface area contributed by atoms with Crippen LogP contribution in [0.5, 0.6) is 0 Å². The molecule has 2 atom stereocenters. The van der Waals surface area contributed by atoms with E-state index in [0.29, 0.717) is 31.8 Å². The van der Waals surface area contributed by atoms with Gasteiger partial charge in [-0.25, -0.2) is 0 Å². The van der Waals surface area contributed by atoms with Crippen molar-refractivity contribution >= 4 is 5.96 Å². The van der Waals surface area contributed by atoms with Crippen LogP contribution in [0.25, 0.3) is 0 Å². The van der Waals surface area contributed by atoms with Crippen molar-refractivity contribution in [1.82, 2.24) is 10.2 Å². The van der Waals surface area contributed by atoms with E-state index in [9.17, 15) is 0 Å². The first-order chi connectivity index (χ1) is 10.3. The van der Waals surface area contributed by atoms with E-state index >= 15 is 0 Å². The molecule has 6 heteroatoms. The van der Waals surface area contributed by atoms with Crippen LogP contribution in [0.1, 0.15) is 19.8 Å². The Morgan fingerprint density at radius 2 is 2.24 bits per heavy atom. The normalized spacial score (nSPS) is 33.9. The van der Waals surface area contributed by atoms with Gasteiger partial charge in [-0.15, -0.1) is 0 Å². The Morgan fingerprint density at radius 1 is 1.29 bits per heavy atom. The summed E-state index contributed by atoms with van der Waals surface area (Å²) in [6.07, 6.45) is 2.49. The van der Waals surface area contributed by atoms with Gasteiger partial charge in [-0.2, -0.15) is 0 Å². The molecule has 3 aliphatic rings. The van der Waals surface area contributed by atoms with Gasteiger partial charge in [-0.1, -0.05) is 0 Å². The second-order valence-corrected chi connectivity index (χ2v) is 6.24. The minimum absolute atomic E-state index is 0.0961. The third-order valence-electron chi connectivity index (χ3n) is 4.59. The van der Waals surface area contributed by atoms with E-state index in [-0.39, 0.29) is 6.10 Å². The van der Waals surface area contributed by atoms with Gasteiger partial charge in [0.15, 0.2) is 5.96 Å². The van der Waals surface area contributed by atoms with Crippen LogP contribution in [-0.2, 0) is 14.2 Å². The quantitative estimate of drug-likeness (QED) is 0.606. The third-order valence-corrected chi connectivity index (χ3v) is 4.59. The summed E-state index contributed by atoms with van der Waals surface area (Å²) in [6, 6.07) is 0. The summed E-state index contributed by atoms with van der Waals surface area (Å²) in [6.45, 7) is 9.65. The van der Waals surface area contributed by atoms with Crippen LogP contribution in [0, 0.1) is 5.41 Å². The summed E-state index contributed by atoms with van der Waals surface area (Å²) in [7, 11) is 0. The summed E-state index contributed by atoms with van der Waals surface area (Å²) in [4.78, 5) is 7.14. The molecule has 1 N–H and O–H groups in total. The SMILES string of the molecule is CCNC(=NCC1COCCO1)N1CCC2(CCOC2)C1. The Bertz CT molecular complexity index is 363. The molecule has 0 amide bonds. The van der Waals surface area contributed by atoms with Crippen molar-refractivity contribution in [1.29, 1.82) is 0 Å². The van der Waals surface area contributed by atoms with E-state index in [0.717, 1.165) is 38.8 Å². The van der Waals surface area contributed by atoms with Gasteiger partial charge in [0, 0.05) is 31.7 Å².